The first-order chi connectivity index (χ1) is 12.8. The highest BCUT2D eigenvalue weighted by molar-refractivity contribution is 7.90. The molecule has 1 aliphatic rings. The molecule has 2 heterocycles. The van der Waals surface area contributed by atoms with Crippen LogP contribution in [0.25, 0.3) is 0 Å². The molecule has 0 bridgehead atoms. The van der Waals surface area contributed by atoms with Gasteiger partial charge in [0.15, 0.2) is 0 Å². The Morgan fingerprint density at radius 1 is 1.22 bits per heavy atom. The number of nitrogens with zero attached hydrogens (tertiary/aromatic N) is 1. The summed E-state index contributed by atoms with van der Waals surface area (Å²) in [4.78, 5) is 27.7. The molecule has 0 amide bonds. The topological polar surface area (TPSA) is 124 Å². The molecule has 0 radical (unpaired) electrons. The van der Waals surface area contributed by atoms with Crippen molar-refractivity contribution in [3.63, 3.8) is 0 Å². The molecule has 1 aliphatic heterocycles. The Morgan fingerprint density at radius 2 is 1.96 bits per heavy atom. The number of carbonyl (C=O) groups is 2. The smallest absolute Gasteiger partial charge is 0.373 e. The monoisotopic (exact) mass is 392 g/mol. The molecule has 9 nitrogen and oxygen atoms in total. The average molecular weight is 392 g/mol. The number of carbonyl (C=O) groups excluding carboxylic acids is 2. The zero-order valence-electron chi connectivity index (χ0n) is 14.5. The Morgan fingerprint density at radius 3 is 2.70 bits per heavy atom. The summed E-state index contributed by atoms with van der Waals surface area (Å²) in [7, 11) is -2.46. The predicted molar refractivity (Wildman–Crippen MR) is 92.6 cm³/mol. The van der Waals surface area contributed by atoms with E-state index in [-0.39, 0.29) is 28.9 Å². The molecule has 0 fully saturated rings. The van der Waals surface area contributed by atoms with Crippen molar-refractivity contribution in [1.29, 1.82) is 0 Å². The summed E-state index contributed by atoms with van der Waals surface area (Å²) in [6.45, 7) is 1.28. The molecule has 27 heavy (non-hydrogen) atoms. The highest BCUT2D eigenvalue weighted by Gasteiger charge is 2.31. The van der Waals surface area contributed by atoms with Gasteiger partial charge in [0.1, 0.15) is 24.2 Å². The number of furan rings is 1. The van der Waals surface area contributed by atoms with Gasteiger partial charge in [0.2, 0.25) is 5.76 Å². The van der Waals surface area contributed by atoms with E-state index in [1.54, 1.807) is 18.2 Å². The molecule has 10 heteroatoms. The third kappa shape index (κ3) is 3.85. The van der Waals surface area contributed by atoms with Crippen LogP contribution in [0.15, 0.2) is 50.7 Å². The van der Waals surface area contributed by atoms with Crippen LogP contribution < -0.4 is 4.72 Å². The van der Waals surface area contributed by atoms with Crippen molar-refractivity contribution in [2.75, 3.05) is 7.11 Å². The predicted octanol–water partition coefficient (Wildman–Crippen LogP) is 1.24. The number of rotatable bonds is 5. The van der Waals surface area contributed by atoms with Gasteiger partial charge in [0, 0.05) is 5.56 Å². The van der Waals surface area contributed by atoms with Crippen LogP contribution in [0.5, 0.6) is 0 Å². The van der Waals surface area contributed by atoms with Crippen molar-refractivity contribution in [2.24, 2.45) is 4.99 Å². The number of sulfonamides is 1. The molecule has 2 aromatic rings. The molecule has 142 valence electrons. The summed E-state index contributed by atoms with van der Waals surface area (Å²) in [5, 5.41) is 0. The molecule has 1 aromatic carbocycles. The Balaban J connectivity index is 1.67. The van der Waals surface area contributed by atoms with Crippen molar-refractivity contribution in [1.82, 2.24) is 4.72 Å². The van der Waals surface area contributed by atoms with Gasteiger partial charge in [-0.15, -0.1) is 0 Å². The number of amidine groups is 1. The standard InChI is InChI=1S/C17H16N2O7S/c1-10(16(20)25-9-11-7-8-13(26-11)17(21)24-2)18-15-12-5-3-4-6-14(12)27(22,23)19-15/h3-8,10H,9H2,1-2H3,(H,18,19)/t10-/m1/s1. The minimum Gasteiger partial charge on any atom is -0.463 e. The van der Waals surface area contributed by atoms with Gasteiger partial charge in [0.25, 0.3) is 10.0 Å². The lowest BCUT2D eigenvalue weighted by molar-refractivity contribution is -0.146. The highest BCUT2D eigenvalue weighted by atomic mass is 32.2. The summed E-state index contributed by atoms with van der Waals surface area (Å²) >= 11 is 0. The minimum absolute atomic E-state index is 0.00573. The Kier molecular flexibility index (Phi) is 5.00. The number of fused-ring (bicyclic) bond motifs is 1. The highest BCUT2D eigenvalue weighted by Crippen LogP contribution is 2.22. The van der Waals surface area contributed by atoms with Crippen LogP contribution in [-0.4, -0.2) is 39.3 Å². The molecular weight excluding hydrogens is 376 g/mol. The van der Waals surface area contributed by atoms with Gasteiger partial charge in [-0.1, -0.05) is 12.1 Å². The molecule has 0 aliphatic carbocycles. The van der Waals surface area contributed by atoms with Crippen molar-refractivity contribution in [2.45, 2.75) is 24.5 Å². The summed E-state index contributed by atoms with van der Waals surface area (Å²) in [6.07, 6.45) is 0. The lowest BCUT2D eigenvalue weighted by Crippen LogP contribution is -2.26. The van der Waals surface area contributed by atoms with E-state index in [2.05, 4.69) is 14.5 Å². The maximum atomic E-state index is 12.1. The molecular formula is C17H16N2O7S. The number of aliphatic imine (C=N–C) groups is 1. The van der Waals surface area contributed by atoms with E-state index in [9.17, 15) is 18.0 Å². The number of benzene rings is 1. The van der Waals surface area contributed by atoms with Crippen LogP contribution in [0.2, 0.25) is 0 Å². The zero-order chi connectivity index (χ0) is 19.6. The normalized spacial score (nSPS) is 17.0. The molecule has 1 N–H and O–H groups in total. The molecule has 1 atom stereocenters. The van der Waals surface area contributed by atoms with Crippen molar-refractivity contribution in [3.8, 4) is 0 Å². The van der Waals surface area contributed by atoms with E-state index >= 15 is 0 Å². The lowest BCUT2D eigenvalue weighted by atomic mass is 10.2. The van der Waals surface area contributed by atoms with Gasteiger partial charge >= 0.3 is 11.9 Å². The quantitative estimate of drug-likeness (QED) is 0.759. The molecule has 0 unspecified atom stereocenters. The largest absolute Gasteiger partial charge is 0.463 e. The maximum absolute atomic E-state index is 12.1. The first-order valence-electron chi connectivity index (χ1n) is 7.85. The van der Waals surface area contributed by atoms with Crippen LogP contribution in [0, 0.1) is 0 Å². The maximum Gasteiger partial charge on any atom is 0.373 e. The summed E-state index contributed by atoms with van der Waals surface area (Å²) in [5.74, 6) is -0.980. The van der Waals surface area contributed by atoms with Crippen molar-refractivity contribution >= 4 is 27.8 Å². The number of methoxy groups -OCH3 is 1. The lowest BCUT2D eigenvalue weighted by Gasteiger charge is -2.08. The van der Waals surface area contributed by atoms with E-state index in [1.165, 1.54) is 32.2 Å². The molecule has 0 saturated heterocycles. The van der Waals surface area contributed by atoms with Gasteiger partial charge in [-0.25, -0.2) is 18.0 Å². The van der Waals surface area contributed by atoms with Crippen LogP contribution in [0.4, 0.5) is 0 Å². The number of hydrogen-bond donors (Lipinski definition) is 1. The van der Waals surface area contributed by atoms with E-state index in [0.29, 0.717) is 5.56 Å². The number of esters is 2. The van der Waals surface area contributed by atoms with Gasteiger partial charge in [-0.2, -0.15) is 0 Å². The van der Waals surface area contributed by atoms with Crippen LogP contribution in [0.3, 0.4) is 0 Å². The van der Waals surface area contributed by atoms with E-state index in [1.807, 2.05) is 0 Å². The third-order valence-corrected chi connectivity index (χ3v) is 5.13. The van der Waals surface area contributed by atoms with Crippen LogP contribution in [0.1, 0.15) is 28.8 Å². The second-order valence-corrected chi connectivity index (χ2v) is 7.27. The van der Waals surface area contributed by atoms with E-state index in [4.69, 9.17) is 9.15 Å². The van der Waals surface area contributed by atoms with Crippen LogP contribution in [-0.2, 0) is 30.9 Å². The van der Waals surface area contributed by atoms with Crippen molar-refractivity contribution in [3.05, 3.63) is 53.5 Å². The van der Waals surface area contributed by atoms with Gasteiger partial charge in [-0.05, 0) is 31.2 Å². The fraction of sp³-hybridized carbons (Fsp3) is 0.235. The molecule has 1 aromatic heterocycles. The molecule has 3 rings (SSSR count). The van der Waals surface area contributed by atoms with Crippen LogP contribution >= 0.6 is 0 Å². The Labute approximate surface area is 155 Å². The summed E-state index contributed by atoms with van der Waals surface area (Å²) < 4.78 is 41.2. The average Bonchev–Trinajstić information content (AvgIpc) is 3.22. The fourth-order valence-corrected chi connectivity index (χ4v) is 3.64. The third-order valence-electron chi connectivity index (χ3n) is 3.73. The van der Waals surface area contributed by atoms with Gasteiger partial charge in [0.05, 0.1) is 12.0 Å². The van der Waals surface area contributed by atoms with Gasteiger partial charge in [-0.3, -0.25) is 9.71 Å². The van der Waals surface area contributed by atoms with Crippen molar-refractivity contribution < 1.29 is 31.9 Å². The number of hydrogen-bond acceptors (Lipinski definition) is 8. The Bertz CT molecular complexity index is 1020. The molecule has 0 saturated carbocycles. The first-order valence-corrected chi connectivity index (χ1v) is 9.34. The Hall–Kier alpha value is -3.14. The van der Waals surface area contributed by atoms with E-state index in [0.717, 1.165) is 0 Å². The second kappa shape index (κ2) is 7.23. The zero-order valence-corrected chi connectivity index (χ0v) is 15.3. The minimum atomic E-state index is -3.68. The number of ether oxygens (including phenoxy) is 2. The molecule has 0 spiro atoms. The summed E-state index contributed by atoms with van der Waals surface area (Å²) in [6, 6.07) is 8.27. The second-order valence-electron chi connectivity index (χ2n) is 5.62. The SMILES string of the molecule is COC(=O)c1ccc(COC(=O)[C@@H](C)N=C2NS(=O)(=O)c3ccccc32)o1. The summed E-state index contributed by atoms with van der Waals surface area (Å²) in [5.41, 5.74) is 0.394. The van der Waals surface area contributed by atoms with E-state index < -0.39 is 28.0 Å². The van der Waals surface area contributed by atoms with Gasteiger partial charge < -0.3 is 13.9 Å². The fourth-order valence-electron chi connectivity index (χ4n) is 2.40. The first kappa shape index (κ1) is 18.6. The number of nitrogens with one attached hydrogen (secondary N) is 1.